The highest BCUT2D eigenvalue weighted by Gasteiger charge is 2.26. The van der Waals surface area contributed by atoms with Crippen LogP contribution in [0.1, 0.15) is 24.2 Å². The highest BCUT2D eigenvalue weighted by atomic mass is 35.5. The number of halogens is 1. The smallest absolute Gasteiger partial charge is 0.257 e. The number of carbonyl (C=O) groups is 1. The highest BCUT2D eigenvalue weighted by Crippen LogP contribution is 2.29. The number of hydrogen-bond acceptors (Lipinski definition) is 5. The maximum absolute atomic E-state index is 13.2. The molecule has 0 aromatic heterocycles. The average molecular weight is 452 g/mol. The van der Waals surface area contributed by atoms with Gasteiger partial charge in [0.2, 0.25) is 10.0 Å². The summed E-state index contributed by atoms with van der Waals surface area (Å²) in [6, 6.07) is 11.6. The van der Waals surface area contributed by atoms with Crippen molar-refractivity contribution < 1.29 is 17.9 Å². The molecular weight excluding hydrogens is 426 g/mol. The molecule has 3 rings (SSSR count). The fourth-order valence-corrected chi connectivity index (χ4v) is 5.07. The zero-order valence-electron chi connectivity index (χ0n) is 17.1. The Balaban J connectivity index is 2.04. The normalized spacial score (nSPS) is 14.7. The van der Waals surface area contributed by atoms with Crippen molar-refractivity contribution in [3.8, 4) is 0 Å². The molecule has 1 N–H and O–H groups in total. The summed E-state index contributed by atoms with van der Waals surface area (Å²) in [5, 5.41) is 3.21. The van der Waals surface area contributed by atoms with Gasteiger partial charge in [-0.05, 0) is 30.3 Å². The molecule has 0 unspecified atom stereocenters. The zero-order valence-corrected chi connectivity index (χ0v) is 18.7. The summed E-state index contributed by atoms with van der Waals surface area (Å²) in [5.41, 5.74) is 1.42. The lowest BCUT2D eigenvalue weighted by atomic mass is 10.1. The van der Waals surface area contributed by atoms with Crippen molar-refractivity contribution in [2.75, 3.05) is 49.6 Å². The lowest BCUT2D eigenvalue weighted by Crippen LogP contribution is -2.37. The van der Waals surface area contributed by atoms with E-state index in [1.807, 2.05) is 4.90 Å². The second kappa shape index (κ2) is 9.78. The van der Waals surface area contributed by atoms with Gasteiger partial charge in [0.05, 0.1) is 34.4 Å². The van der Waals surface area contributed by atoms with Gasteiger partial charge in [0.15, 0.2) is 0 Å². The van der Waals surface area contributed by atoms with Crippen LogP contribution in [0.3, 0.4) is 0 Å². The van der Waals surface area contributed by atoms with Crippen molar-refractivity contribution in [3.05, 3.63) is 53.1 Å². The van der Waals surface area contributed by atoms with Crippen LogP contribution in [0, 0.1) is 0 Å². The number of carbonyl (C=O) groups excluding carboxylic acids is 1. The average Bonchev–Trinajstić information content (AvgIpc) is 2.76. The summed E-state index contributed by atoms with van der Waals surface area (Å²) in [7, 11) is -3.70. The van der Waals surface area contributed by atoms with Gasteiger partial charge in [-0.3, -0.25) is 4.79 Å². The third kappa shape index (κ3) is 4.78. The molecule has 0 saturated carbocycles. The van der Waals surface area contributed by atoms with Crippen LogP contribution in [-0.4, -0.2) is 58.0 Å². The van der Waals surface area contributed by atoms with Gasteiger partial charge in [-0.25, -0.2) is 8.42 Å². The molecule has 1 heterocycles. The van der Waals surface area contributed by atoms with Crippen LogP contribution in [-0.2, 0) is 14.8 Å². The van der Waals surface area contributed by atoms with Crippen LogP contribution in [0.5, 0.6) is 0 Å². The molecule has 162 valence electrons. The standard InChI is InChI=1S/C21H26ClN3O4S/c1-3-25(4-2)30(27,28)16-9-10-20(24-11-13-29-14-12-24)17(15-16)21(26)23-19-8-6-5-7-18(19)22/h5-10,15H,3-4,11-14H2,1-2H3,(H,23,26). The molecule has 2 aromatic rings. The molecule has 0 radical (unpaired) electrons. The van der Waals surface area contributed by atoms with Crippen molar-refractivity contribution in [2.45, 2.75) is 18.7 Å². The maximum Gasteiger partial charge on any atom is 0.257 e. The van der Waals surface area contributed by atoms with Gasteiger partial charge in [0, 0.05) is 31.9 Å². The molecule has 0 aliphatic carbocycles. The lowest BCUT2D eigenvalue weighted by molar-refractivity contribution is 0.102. The van der Waals surface area contributed by atoms with E-state index >= 15 is 0 Å². The Hall–Kier alpha value is -2.13. The molecule has 2 aromatic carbocycles. The predicted molar refractivity (Wildman–Crippen MR) is 119 cm³/mol. The number of sulfonamides is 1. The van der Waals surface area contributed by atoms with Crippen molar-refractivity contribution in [3.63, 3.8) is 0 Å². The number of morpholine rings is 1. The minimum Gasteiger partial charge on any atom is -0.378 e. The van der Waals surface area contributed by atoms with Gasteiger partial charge in [0.1, 0.15) is 0 Å². The second-order valence-corrected chi connectivity index (χ2v) is 9.15. The van der Waals surface area contributed by atoms with Gasteiger partial charge in [0.25, 0.3) is 5.91 Å². The third-order valence-electron chi connectivity index (χ3n) is 5.03. The van der Waals surface area contributed by atoms with Gasteiger partial charge < -0.3 is 15.0 Å². The van der Waals surface area contributed by atoms with Crippen molar-refractivity contribution in [1.29, 1.82) is 0 Å². The summed E-state index contributed by atoms with van der Waals surface area (Å²) >= 11 is 6.18. The van der Waals surface area contributed by atoms with Crippen LogP contribution in [0.4, 0.5) is 11.4 Å². The van der Waals surface area contributed by atoms with E-state index in [2.05, 4.69) is 5.32 Å². The van der Waals surface area contributed by atoms with Crippen LogP contribution in [0.25, 0.3) is 0 Å². The number of nitrogens with one attached hydrogen (secondary N) is 1. The summed E-state index contributed by atoms with van der Waals surface area (Å²) in [6.45, 7) is 6.61. The second-order valence-electron chi connectivity index (χ2n) is 6.80. The van der Waals surface area contributed by atoms with E-state index in [1.54, 1.807) is 50.2 Å². The fraction of sp³-hybridized carbons (Fsp3) is 0.381. The number of benzene rings is 2. The highest BCUT2D eigenvalue weighted by molar-refractivity contribution is 7.89. The summed E-state index contributed by atoms with van der Waals surface area (Å²) in [4.78, 5) is 15.3. The van der Waals surface area contributed by atoms with Crippen LogP contribution >= 0.6 is 11.6 Å². The van der Waals surface area contributed by atoms with Crippen LogP contribution in [0.15, 0.2) is 47.4 Å². The Labute approximate surface area is 182 Å². The summed E-state index contributed by atoms with van der Waals surface area (Å²) in [6.07, 6.45) is 0. The van der Waals surface area contributed by atoms with Gasteiger partial charge >= 0.3 is 0 Å². The third-order valence-corrected chi connectivity index (χ3v) is 7.41. The van der Waals surface area contributed by atoms with E-state index in [9.17, 15) is 13.2 Å². The Bertz CT molecular complexity index is 1000. The van der Waals surface area contributed by atoms with E-state index in [0.717, 1.165) is 0 Å². The molecule has 1 aliphatic heterocycles. The molecule has 0 spiro atoms. The lowest BCUT2D eigenvalue weighted by Gasteiger charge is -2.30. The predicted octanol–water partition coefficient (Wildman–Crippen LogP) is 3.46. The van der Waals surface area contributed by atoms with Crippen molar-refractivity contribution in [1.82, 2.24) is 4.31 Å². The van der Waals surface area contributed by atoms with E-state index in [0.29, 0.717) is 55.8 Å². The summed E-state index contributed by atoms with van der Waals surface area (Å²) < 4.78 is 32.8. The van der Waals surface area contributed by atoms with E-state index in [-0.39, 0.29) is 10.5 Å². The number of ether oxygens (including phenoxy) is 1. The Kier molecular flexibility index (Phi) is 7.36. The first kappa shape index (κ1) is 22.6. The van der Waals surface area contributed by atoms with Crippen LogP contribution in [0.2, 0.25) is 5.02 Å². The van der Waals surface area contributed by atoms with E-state index < -0.39 is 15.9 Å². The molecule has 7 nitrogen and oxygen atoms in total. The van der Waals surface area contributed by atoms with E-state index in [4.69, 9.17) is 16.3 Å². The summed E-state index contributed by atoms with van der Waals surface area (Å²) in [5.74, 6) is -0.416. The first-order valence-corrected chi connectivity index (χ1v) is 11.7. The number of rotatable bonds is 7. The monoisotopic (exact) mass is 451 g/mol. The zero-order chi connectivity index (χ0) is 21.7. The SMILES string of the molecule is CCN(CC)S(=O)(=O)c1ccc(N2CCOCC2)c(C(=O)Nc2ccccc2Cl)c1. The van der Waals surface area contributed by atoms with Gasteiger partial charge in [-0.15, -0.1) is 0 Å². The topological polar surface area (TPSA) is 79.0 Å². The Morgan fingerprint density at radius 2 is 1.80 bits per heavy atom. The van der Waals surface area contributed by atoms with Crippen LogP contribution < -0.4 is 10.2 Å². The van der Waals surface area contributed by atoms with Gasteiger partial charge in [-0.1, -0.05) is 37.6 Å². The molecule has 0 atom stereocenters. The molecule has 9 heteroatoms. The molecule has 0 bridgehead atoms. The number of para-hydroxylation sites is 1. The van der Waals surface area contributed by atoms with Crippen molar-refractivity contribution >= 4 is 38.9 Å². The quantitative estimate of drug-likeness (QED) is 0.697. The Morgan fingerprint density at radius 1 is 1.13 bits per heavy atom. The number of anilines is 2. The molecular formula is C21H26ClN3O4S. The van der Waals surface area contributed by atoms with E-state index in [1.165, 1.54) is 10.4 Å². The largest absolute Gasteiger partial charge is 0.378 e. The maximum atomic E-state index is 13.2. The number of nitrogens with zero attached hydrogens (tertiary/aromatic N) is 2. The van der Waals surface area contributed by atoms with Gasteiger partial charge in [-0.2, -0.15) is 4.31 Å². The first-order chi connectivity index (χ1) is 14.4. The van der Waals surface area contributed by atoms with Crippen molar-refractivity contribution in [2.24, 2.45) is 0 Å². The minimum atomic E-state index is -3.70. The first-order valence-electron chi connectivity index (χ1n) is 9.91. The molecule has 1 aliphatic rings. The number of amides is 1. The molecule has 30 heavy (non-hydrogen) atoms. The fourth-order valence-electron chi connectivity index (χ4n) is 3.40. The number of hydrogen-bond donors (Lipinski definition) is 1. The Morgan fingerprint density at radius 3 is 2.43 bits per heavy atom. The molecule has 1 amide bonds. The molecule has 1 saturated heterocycles. The molecule has 1 fully saturated rings. The minimum absolute atomic E-state index is 0.0903.